The van der Waals surface area contributed by atoms with Crippen LogP contribution in [0.5, 0.6) is 0 Å². The summed E-state index contributed by atoms with van der Waals surface area (Å²) in [7, 11) is 0. The van der Waals surface area contributed by atoms with Gasteiger partial charge in [-0.2, -0.15) is 11.3 Å². The van der Waals surface area contributed by atoms with Crippen molar-refractivity contribution < 1.29 is 0 Å². The SMILES string of the molecule is Cc1cc(C(N)CCc2ccsc2)ccn1. The number of hydrogen-bond donors (Lipinski definition) is 1. The minimum Gasteiger partial charge on any atom is -0.324 e. The standard InChI is InChI=1S/C13H16N2S/c1-10-8-12(4-6-15-10)13(14)3-2-11-5-7-16-9-11/h4-9,13H,2-3,14H2,1H3. The third-order valence-corrected chi connectivity index (χ3v) is 3.41. The number of thiophene rings is 1. The highest BCUT2D eigenvalue weighted by Crippen LogP contribution is 2.18. The summed E-state index contributed by atoms with van der Waals surface area (Å²) < 4.78 is 0. The first-order valence-corrected chi connectivity index (χ1v) is 6.39. The van der Waals surface area contributed by atoms with Crippen molar-refractivity contribution in [2.45, 2.75) is 25.8 Å². The number of rotatable bonds is 4. The molecule has 2 aromatic heterocycles. The van der Waals surface area contributed by atoms with E-state index in [-0.39, 0.29) is 6.04 Å². The lowest BCUT2D eigenvalue weighted by Gasteiger charge is -2.11. The molecule has 16 heavy (non-hydrogen) atoms. The lowest BCUT2D eigenvalue weighted by atomic mass is 10.0. The molecule has 0 bridgehead atoms. The first kappa shape index (κ1) is 11.3. The molecule has 0 saturated heterocycles. The van der Waals surface area contributed by atoms with E-state index in [1.54, 1.807) is 11.3 Å². The zero-order chi connectivity index (χ0) is 11.4. The predicted molar refractivity (Wildman–Crippen MR) is 68.5 cm³/mol. The number of hydrogen-bond acceptors (Lipinski definition) is 3. The molecule has 0 amide bonds. The van der Waals surface area contributed by atoms with Gasteiger partial charge in [-0.1, -0.05) is 0 Å². The Balaban J connectivity index is 1.95. The van der Waals surface area contributed by atoms with Gasteiger partial charge in [0.15, 0.2) is 0 Å². The molecular weight excluding hydrogens is 216 g/mol. The number of pyridine rings is 1. The van der Waals surface area contributed by atoms with E-state index in [2.05, 4.69) is 27.9 Å². The minimum atomic E-state index is 0.113. The molecule has 2 nitrogen and oxygen atoms in total. The molecule has 0 fully saturated rings. The molecule has 3 heteroatoms. The zero-order valence-corrected chi connectivity index (χ0v) is 10.2. The van der Waals surface area contributed by atoms with E-state index in [1.165, 1.54) is 11.1 Å². The summed E-state index contributed by atoms with van der Waals surface area (Å²) in [6, 6.07) is 6.35. The van der Waals surface area contributed by atoms with Gasteiger partial charge in [-0.15, -0.1) is 0 Å². The summed E-state index contributed by atoms with van der Waals surface area (Å²) in [6.45, 7) is 2.00. The van der Waals surface area contributed by atoms with Crippen molar-refractivity contribution in [2.75, 3.05) is 0 Å². The van der Waals surface area contributed by atoms with Crippen molar-refractivity contribution in [1.29, 1.82) is 0 Å². The van der Waals surface area contributed by atoms with Crippen LogP contribution in [0.2, 0.25) is 0 Å². The van der Waals surface area contributed by atoms with Gasteiger partial charge in [0.25, 0.3) is 0 Å². The van der Waals surface area contributed by atoms with E-state index in [0.29, 0.717) is 0 Å². The van der Waals surface area contributed by atoms with Gasteiger partial charge in [-0.3, -0.25) is 4.98 Å². The molecule has 0 radical (unpaired) electrons. The van der Waals surface area contributed by atoms with Crippen LogP contribution < -0.4 is 5.73 Å². The van der Waals surface area contributed by atoms with Gasteiger partial charge in [-0.05, 0) is 59.9 Å². The van der Waals surface area contributed by atoms with Crippen molar-refractivity contribution in [3.05, 3.63) is 52.0 Å². The quantitative estimate of drug-likeness (QED) is 0.879. The fourth-order valence-electron chi connectivity index (χ4n) is 1.72. The Morgan fingerprint density at radius 1 is 1.44 bits per heavy atom. The van der Waals surface area contributed by atoms with Gasteiger partial charge in [-0.25, -0.2) is 0 Å². The van der Waals surface area contributed by atoms with Gasteiger partial charge in [0, 0.05) is 17.9 Å². The predicted octanol–water partition coefficient (Wildman–Crippen LogP) is 3.08. The lowest BCUT2D eigenvalue weighted by Crippen LogP contribution is -2.11. The van der Waals surface area contributed by atoms with Crippen molar-refractivity contribution in [3.63, 3.8) is 0 Å². The van der Waals surface area contributed by atoms with E-state index in [1.807, 2.05) is 19.2 Å². The molecule has 2 heterocycles. The summed E-state index contributed by atoms with van der Waals surface area (Å²) in [4.78, 5) is 4.18. The second-order valence-corrected chi connectivity index (χ2v) is 4.79. The van der Waals surface area contributed by atoms with Gasteiger partial charge >= 0.3 is 0 Å². The van der Waals surface area contributed by atoms with Gasteiger partial charge in [0.2, 0.25) is 0 Å². The molecule has 2 rings (SSSR count). The minimum absolute atomic E-state index is 0.113. The van der Waals surface area contributed by atoms with Gasteiger partial charge < -0.3 is 5.73 Å². The summed E-state index contributed by atoms with van der Waals surface area (Å²) in [5, 5.41) is 4.29. The average molecular weight is 232 g/mol. The average Bonchev–Trinajstić information content (AvgIpc) is 2.78. The molecule has 2 aromatic rings. The van der Waals surface area contributed by atoms with Crippen molar-refractivity contribution in [2.24, 2.45) is 5.73 Å². The normalized spacial score (nSPS) is 12.6. The molecule has 0 aromatic carbocycles. The van der Waals surface area contributed by atoms with Crippen molar-refractivity contribution in [1.82, 2.24) is 4.98 Å². The first-order valence-electron chi connectivity index (χ1n) is 5.45. The lowest BCUT2D eigenvalue weighted by molar-refractivity contribution is 0.650. The number of nitrogens with two attached hydrogens (primary N) is 1. The van der Waals surface area contributed by atoms with E-state index < -0.39 is 0 Å². The van der Waals surface area contributed by atoms with Crippen LogP contribution in [0.1, 0.15) is 29.3 Å². The Morgan fingerprint density at radius 2 is 2.31 bits per heavy atom. The topological polar surface area (TPSA) is 38.9 Å². The highest BCUT2D eigenvalue weighted by molar-refractivity contribution is 7.07. The molecule has 0 aliphatic rings. The Bertz CT molecular complexity index is 437. The van der Waals surface area contributed by atoms with Crippen LogP contribution in [0.25, 0.3) is 0 Å². The molecule has 1 unspecified atom stereocenters. The fraction of sp³-hybridized carbons (Fsp3) is 0.308. The van der Waals surface area contributed by atoms with E-state index in [9.17, 15) is 0 Å². The molecular formula is C13H16N2S. The largest absolute Gasteiger partial charge is 0.324 e. The maximum Gasteiger partial charge on any atom is 0.0375 e. The summed E-state index contributed by atoms with van der Waals surface area (Å²) >= 11 is 1.74. The van der Waals surface area contributed by atoms with Crippen LogP contribution in [0.3, 0.4) is 0 Å². The van der Waals surface area contributed by atoms with E-state index in [0.717, 1.165) is 18.5 Å². The highest BCUT2D eigenvalue weighted by atomic mass is 32.1. The summed E-state index contributed by atoms with van der Waals surface area (Å²) in [5.74, 6) is 0. The Hall–Kier alpha value is -1.19. The van der Waals surface area contributed by atoms with Crippen LogP contribution >= 0.6 is 11.3 Å². The highest BCUT2D eigenvalue weighted by Gasteiger charge is 2.06. The van der Waals surface area contributed by atoms with Crippen LogP contribution in [0.15, 0.2) is 35.2 Å². The third-order valence-electron chi connectivity index (χ3n) is 2.67. The molecule has 84 valence electrons. The molecule has 0 aliphatic heterocycles. The smallest absolute Gasteiger partial charge is 0.0375 e. The number of nitrogens with zero attached hydrogens (tertiary/aromatic N) is 1. The maximum absolute atomic E-state index is 6.16. The molecule has 1 atom stereocenters. The number of aryl methyl sites for hydroxylation is 2. The van der Waals surface area contributed by atoms with Crippen molar-refractivity contribution in [3.8, 4) is 0 Å². The molecule has 0 aliphatic carbocycles. The Morgan fingerprint density at radius 3 is 3.00 bits per heavy atom. The van der Waals surface area contributed by atoms with Crippen LogP contribution in [-0.2, 0) is 6.42 Å². The van der Waals surface area contributed by atoms with Crippen LogP contribution in [0, 0.1) is 6.92 Å². The second kappa shape index (κ2) is 5.23. The maximum atomic E-state index is 6.16. The fourth-order valence-corrected chi connectivity index (χ4v) is 2.42. The Kier molecular flexibility index (Phi) is 3.70. The first-order chi connectivity index (χ1) is 7.75. The molecule has 0 spiro atoms. The van der Waals surface area contributed by atoms with Gasteiger partial charge in [0.05, 0.1) is 0 Å². The number of aromatic nitrogens is 1. The van der Waals surface area contributed by atoms with Crippen LogP contribution in [0.4, 0.5) is 0 Å². The molecule has 2 N–H and O–H groups in total. The third kappa shape index (κ3) is 2.90. The van der Waals surface area contributed by atoms with Crippen molar-refractivity contribution >= 4 is 11.3 Å². The van der Waals surface area contributed by atoms with E-state index in [4.69, 9.17) is 5.73 Å². The second-order valence-electron chi connectivity index (χ2n) is 4.01. The Labute approximate surface area is 100 Å². The van der Waals surface area contributed by atoms with Gasteiger partial charge in [0.1, 0.15) is 0 Å². The van der Waals surface area contributed by atoms with Crippen LogP contribution in [-0.4, -0.2) is 4.98 Å². The zero-order valence-electron chi connectivity index (χ0n) is 9.39. The van der Waals surface area contributed by atoms with E-state index >= 15 is 0 Å². The molecule has 0 saturated carbocycles. The monoisotopic (exact) mass is 232 g/mol. The summed E-state index contributed by atoms with van der Waals surface area (Å²) in [5.41, 5.74) is 9.75. The summed E-state index contributed by atoms with van der Waals surface area (Å²) in [6.07, 6.45) is 3.86.